The van der Waals surface area contributed by atoms with E-state index in [1.807, 2.05) is 0 Å². The highest BCUT2D eigenvalue weighted by Gasteiger charge is 2.10. The zero-order valence-electron chi connectivity index (χ0n) is 7.92. The Bertz CT molecular complexity index is 361. The van der Waals surface area contributed by atoms with Crippen molar-refractivity contribution in [2.45, 2.75) is 0 Å². The highest BCUT2D eigenvalue weighted by molar-refractivity contribution is 9.10. The third-order valence-electron chi connectivity index (χ3n) is 1.60. The molecular formula is C9H9BrClNO3. The van der Waals surface area contributed by atoms with E-state index in [-0.39, 0.29) is 6.61 Å². The fourth-order valence-electron chi connectivity index (χ4n) is 0.923. The van der Waals surface area contributed by atoms with Crippen LogP contribution in [0.5, 0.6) is 5.75 Å². The number of hydrogen-bond donors (Lipinski definition) is 1. The van der Waals surface area contributed by atoms with Crippen LogP contribution in [0.15, 0.2) is 16.6 Å². The summed E-state index contributed by atoms with van der Waals surface area (Å²) < 4.78 is 10.2. The van der Waals surface area contributed by atoms with E-state index in [0.29, 0.717) is 20.9 Å². The van der Waals surface area contributed by atoms with Crippen molar-refractivity contribution in [2.24, 2.45) is 0 Å². The molecular weight excluding hydrogens is 285 g/mol. The standard InChI is InChI=1S/C9H9BrClNO3/c1-14-8(13)4-15-9-6(10)2-5(11)3-7(9)12/h2-3H,4,12H2,1H3. The van der Waals surface area contributed by atoms with Crippen LogP contribution < -0.4 is 10.5 Å². The van der Waals surface area contributed by atoms with Gasteiger partial charge in [0.05, 0.1) is 17.3 Å². The molecule has 0 heterocycles. The molecule has 4 nitrogen and oxygen atoms in total. The van der Waals surface area contributed by atoms with Crippen LogP contribution in [-0.2, 0) is 9.53 Å². The fourth-order valence-corrected chi connectivity index (χ4v) is 1.87. The normalized spacial score (nSPS) is 9.80. The zero-order chi connectivity index (χ0) is 11.4. The van der Waals surface area contributed by atoms with E-state index in [9.17, 15) is 4.79 Å². The van der Waals surface area contributed by atoms with Crippen molar-refractivity contribution in [1.82, 2.24) is 0 Å². The average molecular weight is 295 g/mol. The zero-order valence-corrected chi connectivity index (χ0v) is 10.3. The number of nitrogens with two attached hydrogens (primary N) is 1. The van der Waals surface area contributed by atoms with E-state index < -0.39 is 5.97 Å². The number of methoxy groups -OCH3 is 1. The lowest BCUT2D eigenvalue weighted by atomic mass is 10.3. The lowest BCUT2D eigenvalue weighted by molar-refractivity contribution is -0.142. The number of benzene rings is 1. The Morgan fingerprint density at radius 3 is 2.80 bits per heavy atom. The first-order valence-electron chi connectivity index (χ1n) is 3.98. The van der Waals surface area contributed by atoms with Gasteiger partial charge in [-0.05, 0) is 28.1 Å². The molecule has 0 saturated heterocycles. The van der Waals surface area contributed by atoms with Crippen molar-refractivity contribution in [3.63, 3.8) is 0 Å². The van der Waals surface area contributed by atoms with Crippen LogP contribution in [0.4, 0.5) is 5.69 Å². The van der Waals surface area contributed by atoms with Gasteiger partial charge < -0.3 is 15.2 Å². The van der Waals surface area contributed by atoms with E-state index in [1.165, 1.54) is 7.11 Å². The van der Waals surface area contributed by atoms with Crippen LogP contribution in [0, 0.1) is 0 Å². The van der Waals surface area contributed by atoms with E-state index in [4.69, 9.17) is 22.1 Å². The average Bonchev–Trinajstić information content (AvgIpc) is 2.15. The number of ether oxygens (including phenoxy) is 2. The van der Waals surface area contributed by atoms with E-state index >= 15 is 0 Å². The van der Waals surface area contributed by atoms with Gasteiger partial charge in [-0.1, -0.05) is 11.6 Å². The fraction of sp³-hybridized carbons (Fsp3) is 0.222. The summed E-state index contributed by atoms with van der Waals surface area (Å²) in [6, 6.07) is 3.17. The van der Waals surface area contributed by atoms with Crippen LogP contribution in [0.2, 0.25) is 5.02 Å². The molecule has 0 amide bonds. The molecule has 0 aliphatic heterocycles. The molecule has 0 fully saturated rings. The van der Waals surface area contributed by atoms with Gasteiger partial charge in [0, 0.05) is 5.02 Å². The predicted octanol–water partition coefficient (Wildman–Crippen LogP) is 2.24. The van der Waals surface area contributed by atoms with Crippen LogP contribution in [0.1, 0.15) is 0 Å². The van der Waals surface area contributed by atoms with Crippen molar-refractivity contribution in [3.05, 3.63) is 21.6 Å². The Labute approximate surface area is 100 Å². The Balaban J connectivity index is 2.81. The molecule has 6 heteroatoms. The maximum absolute atomic E-state index is 10.8. The Hall–Kier alpha value is -0.940. The molecule has 0 radical (unpaired) electrons. The Morgan fingerprint density at radius 1 is 1.60 bits per heavy atom. The molecule has 1 rings (SSSR count). The number of esters is 1. The van der Waals surface area contributed by atoms with Crippen molar-refractivity contribution in [2.75, 3.05) is 19.5 Å². The smallest absolute Gasteiger partial charge is 0.343 e. The van der Waals surface area contributed by atoms with Gasteiger partial charge in [-0.15, -0.1) is 0 Å². The second kappa shape index (κ2) is 5.23. The summed E-state index contributed by atoms with van der Waals surface area (Å²) in [5, 5.41) is 0.491. The van der Waals surface area contributed by atoms with E-state index in [2.05, 4.69) is 20.7 Å². The van der Waals surface area contributed by atoms with Crippen LogP contribution in [0.25, 0.3) is 0 Å². The third kappa shape index (κ3) is 3.28. The third-order valence-corrected chi connectivity index (χ3v) is 2.41. The lowest BCUT2D eigenvalue weighted by Gasteiger charge is -2.10. The van der Waals surface area contributed by atoms with Gasteiger partial charge in [0.2, 0.25) is 0 Å². The molecule has 0 atom stereocenters. The number of hydrogen-bond acceptors (Lipinski definition) is 4. The van der Waals surface area contributed by atoms with Crippen molar-refractivity contribution < 1.29 is 14.3 Å². The van der Waals surface area contributed by atoms with Gasteiger partial charge in [0.15, 0.2) is 12.4 Å². The van der Waals surface area contributed by atoms with Crippen molar-refractivity contribution in [3.8, 4) is 5.75 Å². The number of nitrogen functional groups attached to an aromatic ring is 1. The second-order valence-electron chi connectivity index (χ2n) is 2.67. The molecule has 0 bridgehead atoms. The van der Waals surface area contributed by atoms with Gasteiger partial charge >= 0.3 is 5.97 Å². The summed E-state index contributed by atoms with van der Waals surface area (Å²) >= 11 is 8.98. The Morgan fingerprint density at radius 2 is 2.27 bits per heavy atom. The molecule has 15 heavy (non-hydrogen) atoms. The topological polar surface area (TPSA) is 61.5 Å². The number of carbonyl (C=O) groups excluding carboxylic acids is 1. The van der Waals surface area contributed by atoms with Gasteiger partial charge in [0.25, 0.3) is 0 Å². The number of carbonyl (C=O) groups is 1. The van der Waals surface area contributed by atoms with Crippen LogP contribution in [-0.4, -0.2) is 19.7 Å². The Kier molecular flexibility index (Phi) is 4.23. The molecule has 1 aromatic carbocycles. The molecule has 0 aliphatic rings. The molecule has 0 aliphatic carbocycles. The highest BCUT2D eigenvalue weighted by Crippen LogP contribution is 2.34. The van der Waals surface area contributed by atoms with Gasteiger partial charge in [-0.2, -0.15) is 0 Å². The minimum absolute atomic E-state index is 0.194. The van der Waals surface area contributed by atoms with E-state index in [0.717, 1.165) is 0 Å². The summed E-state index contributed by atoms with van der Waals surface area (Å²) in [6.45, 7) is -0.194. The van der Waals surface area contributed by atoms with Gasteiger partial charge in [-0.25, -0.2) is 4.79 Å². The molecule has 1 aromatic rings. The number of halogens is 2. The first-order chi connectivity index (χ1) is 7.04. The summed E-state index contributed by atoms with van der Waals surface area (Å²) in [5.41, 5.74) is 6.02. The lowest BCUT2D eigenvalue weighted by Crippen LogP contribution is -2.13. The van der Waals surface area contributed by atoms with E-state index in [1.54, 1.807) is 12.1 Å². The van der Waals surface area contributed by atoms with Crippen molar-refractivity contribution >= 4 is 39.2 Å². The summed E-state index contributed by atoms with van der Waals surface area (Å²) in [4.78, 5) is 10.8. The SMILES string of the molecule is COC(=O)COc1c(N)cc(Cl)cc1Br. The van der Waals surface area contributed by atoms with Crippen molar-refractivity contribution in [1.29, 1.82) is 0 Å². The van der Waals surface area contributed by atoms with Gasteiger partial charge in [-0.3, -0.25) is 0 Å². The summed E-state index contributed by atoms with van der Waals surface area (Å²) in [7, 11) is 1.28. The molecule has 0 spiro atoms. The molecule has 0 unspecified atom stereocenters. The number of rotatable bonds is 3. The first kappa shape index (κ1) is 12.1. The maximum Gasteiger partial charge on any atom is 0.343 e. The maximum atomic E-state index is 10.8. The summed E-state index contributed by atoms with van der Waals surface area (Å²) in [6.07, 6.45) is 0. The predicted molar refractivity (Wildman–Crippen MR) is 61.1 cm³/mol. The van der Waals surface area contributed by atoms with Crippen LogP contribution in [0.3, 0.4) is 0 Å². The number of anilines is 1. The molecule has 82 valence electrons. The minimum Gasteiger partial charge on any atom is -0.479 e. The quantitative estimate of drug-likeness (QED) is 0.686. The first-order valence-corrected chi connectivity index (χ1v) is 5.16. The molecule has 0 saturated carbocycles. The monoisotopic (exact) mass is 293 g/mol. The highest BCUT2D eigenvalue weighted by atomic mass is 79.9. The minimum atomic E-state index is -0.476. The van der Waals surface area contributed by atoms with Crippen LogP contribution >= 0.6 is 27.5 Å². The van der Waals surface area contributed by atoms with Gasteiger partial charge in [0.1, 0.15) is 0 Å². The second-order valence-corrected chi connectivity index (χ2v) is 3.96. The molecule has 2 N–H and O–H groups in total. The molecule has 0 aromatic heterocycles. The largest absolute Gasteiger partial charge is 0.479 e. The summed E-state index contributed by atoms with van der Waals surface area (Å²) in [5.74, 6) is -0.0962.